The van der Waals surface area contributed by atoms with Gasteiger partial charge in [0.1, 0.15) is 60.4 Å². The smallest absolute Gasteiger partial charge is 0.347 e. The molecule has 568 valence electrons. The molecule has 4 unspecified atom stereocenters. The minimum atomic E-state index is -4.52. The number of amides is 12. The number of rotatable bonds is 14. The van der Waals surface area contributed by atoms with E-state index in [1.165, 1.54) is 112 Å². The summed E-state index contributed by atoms with van der Waals surface area (Å²) >= 11 is 7.96. The average Bonchev–Trinajstić information content (AvgIpc) is 0.863. The summed E-state index contributed by atoms with van der Waals surface area (Å²) in [7, 11) is 12.7. The molecule has 100 heavy (non-hydrogen) atoms. The number of halogens is 4. The van der Waals surface area contributed by atoms with E-state index in [1.807, 2.05) is 20.8 Å². The summed E-state index contributed by atoms with van der Waals surface area (Å²) in [5, 5.41) is 10.6. The second-order valence-electron chi connectivity index (χ2n) is 30.1. The second-order valence-corrected chi connectivity index (χ2v) is 31.7. The SMILES string of the molecule is CC[C@H](C)[C@@H]1NC(=O)[C@H](CC(C)C)N(C)C(=O)C[C@@H](C(=O)N(C)C)N(C)C(=O)[C@H]([C@@H](C)CC)N(C)C(=O)[C@H](C)NC(=O)[C@H](CC2CSCN2)N(C)C(=O)[C@H](CCC2CCC(C(F)(F)F)C(Cl)C2)NC(=O)CN(C)C(=O)[C@H](CC2CCC(C)CC2)N(C)C(=O)[C@@H]2CCN2C(=O)[C@H](C)N(C)C1=O. The number of hydrogen-bond acceptors (Lipinski definition) is 14. The van der Waals surface area contributed by atoms with E-state index >= 15 is 14.4 Å². The fraction of sp³-hybridized carbons (Fsp3) is 0.829. The molecule has 0 bridgehead atoms. The summed E-state index contributed by atoms with van der Waals surface area (Å²) in [6, 6.07) is -12.9. The van der Waals surface area contributed by atoms with Crippen molar-refractivity contribution in [1.82, 2.24) is 65.4 Å². The highest BCUT2D eigenvalue weighted by Gasteiger charge is 2.49. The summed E-state index contributed by atoms with van der Waals surface area (Å²) in [6.45, 7) is 15.4. The van der Waals surface area contributed by atoms with E-state index in [0.29, 0.717) is 30.4 Å². The quantitative estimate of drug-likeness (QED) is 0.171. The van der Waals surface area contributed by atoms with Crippen LogP contribution in [-0.2, 0) is 57.5 Å². The maximum Gasteiger partial charge on any atom is 0.393 e. The molecule has 0 aromatic carbocycles. The van der Waals surface area contributed by atoms with E-state index < -0.39 is 179 Å². The van der Waals surface area contributed by atoms with Gasteiger partial charge in [-0.05, 0) is 107 Å². The molecule has 5 aliphatic rings. The van der Waals surface area contributed by atoms with Crippen LogP contribution < -0.4 is 21.3 Å². The maximum absolute atomic E-state index is 15.3. The van der Waals surface area contributed by atoms with E-state index in [0.717, 1.165) is 35.5 Å². The summed E-state index contributed by atoms with van der Waals surface area (Å²) in [6.07, 6.45) is -0.590. The van der Waals surface area contributed by atoms with Crippen LogP contribution in [0.3, 0.4) is 0 Å². The standard InChI is InChI=1S/C70H117ClF3N13O12S/c1-19-41(6)58-68(98)81(13)44(9)63(93)87-30-29-51(87)67(97)84(16)54(33-46-23-21-40(5)22-24-46)66(96)80(12)36-56(88)77-50(28-26-45-25-27-48(49(71)32-45)70(72,73)74)64(94)83(15)53(34-47-37-100-38-75-47)60(90)76-43(8)62(92)86(18)59(42(7)20-2)69(99)85(17)55(65(95)79(10)11)35-57(89)82(14)52(31-39(3)4)61(91)78-58/h39-55,58-59,75H,19-38H2,1-18H3,(H,76,90)(H,77,88)(H,78,91)/t40?,41-,42-,43-,44-,45?,46?,47?,48?,49?,50-,51-,52-,53-,54-,55-,58-,59-/m0/s1. The highest BCUT2D eigenvalue weighted by Crippen LogP contribution is 2.44. The number of alkyl halides is 4. The Balaban J connectivity index is 1.63. The zero-order chi connectivity index (χ0) is 75.3. The first-order valence-electron chi connectivity index (χ1n) is 36.0. The summed E-state index contributed by atoms with van der Waals surface area (Å²) < 4.78 is 42.1. The molecule has 30 heteroatoms. The van der Waals surface area contributed by atoms with Gasteiger partial charge in [-0.25, -0.2) is 0 Å². The first-order chi connectivity index (χ1) is 46.7. The number of thioether (sulfide) groups is 1. The van der Waals surface area contributed by atoms with Gasteiger partial charge in [-0.1, -0.05) is 87.0 Å². The molecule has 5 fully saturated rings. The molecule has 0 radical (unpaired) electrons. The molecule has 0 spiro atoms. The lowest BCUT2D eigenvalue weighted by Gasteiger charge is -2.45. The Morgan fingerprint density at radius 3 is 1.77 bits per heavy atom. The first-order valence-corrected chi connectivity index (χ1v) is 37.6. The Hall–Kier alpha value is -5.97. The van der Waals surface area contributed by atoms with Crippen LogP contribution in [0, 0.1) is 41.4 Å². The van der Waals surface area contributed by atoms with Crippen molar-refractivity contribution in [3.63, 3.8) is 0 Å². The lowest BCUT2D eigenvalue weighted by Crippen LogP contribution is -2.65. The highest BCUT2D eigenvalue weighted by atomic mass is 35.5. The molecule has 25 nitrogen and oxygen atoms in total. The van der Waals surface area contributed by atoms with Crippen LogP contribution in [0.5, 0.6) is 0 Å². The van der Waals surface area contributed by atoms with Gasteiger partial charge in [-0.3, -0.25) is 57.5 Å². The monoisotopic (exact) mass is 1460 g/mol. The third kappa shape index (κ3) is 21.6. The average molecular weight is 1460 g/mol. The van der Waals surface area contributed by atoms with Crippen molar-refractivity contribution < 1.29 is 70.7 Å². The Kier molecular flexibility index (Phi) is 31.7. The molecule has 3 aliphatic heterocycles. The Labute approximate surface area is 600 Å². The number of likely N-dealkylation sites (N-methyl/N-ethyl adjacent to an activating group) is 8. The predicted molar refractivity (Wildman–Crippen MR) is 376 cm³/mol. The lowest BCUT2D eigenvalue weighted by molar-refractivity contribution is -0.182. The number of carbonyl (C=O) groups excluding carboxylic acids is 12. The first kappa shape index (κ1) is 84.7. The minimum absolute atomic E-state index is 0.00766. The molecular weight excluding hydrogens is 1340 g/mol. The van der Waals surface area contributed by atoms with E-state index in [-0.39, 0.29) is 82.2 Å². The molecule has 0 aromatic heterocycles. The highest BCUT2D eigenvalue weighted by molar-refractivity contribution is 7.99. The van der Waals surface area contributed by atoms with Gasteiger partial charge in [0.25, 0.3) is 0 Å². The number of hydrogen-bond donors (Lipinski definition) is 4. The Bertz CT molecular complexity index is 2890. The molecule has 3 saturated heterocycles. The van der Waals surface area contributed by atoms with Gasteiger partial charge in [0.05, 0.1) is 18.9 Å². The van der Waals surface area contributed by atoms with Crippen molar-refractivity contribution >= 4 is 94.2 Å². The molecular formula is C70H117ClF3N13O12S. The van der Waals surface area contributed by atoms with Gasteiger partial charge in [0, 0.05) is 93.0 Å². The van der Waals surface area contributed by atoms with Crippen molar-refractivity contribution in [3.8, 4) is 0 Å². The summed E-state index contributed by atoms with van der Waals surface area (Å²) in [5.74, 6) is -10.0. The van der Waals surface area contributed by atoms with Crippen molar-refractivity contribution in [1.29, 1.82) is 0 Å². The van der Waals surface area contributed by atoms with Crippen LogP contribution in [0.1, 0.15) is 165 Å². The van der Waals surface area contributed by atoms with Gasteiger partial charge in [-0.2, -0.15) is 13.2 Å². The number of nitrogens with zero attached hydrogens (tertiary/aromatic N) is 9. The van der Waals surface area contributed by atoms with Crippen molar-refractivity contribution in [2.24, 2.45) is 41.4 Å². The van der Waals surface area contributed by atoms with Gasteiger partial charge in [0.15, 0.2) is 0 Å². The molecule has 5 rings (SSSR count). The Morgan fingerprint density at radius 1 is 0.630 bits per heavy atom. The summed E-state index contributed by atoms with van der Waals surface area (Å²) in [4.78, 5) is 189. The maximum atomic E-state index is 15.3. The zero-order valence-corrected chi connectivity index (χ0v) is 64.0. The fourth-order valence-corrected chi connectivity index (χ4v) is 16.1. The van der Waals surface area contributed by atoms with Gasteiger partial charge in [-0.15, -0.1) is 23.4 Å². The van der Waals surface area contributed by atoms with Crippen molar-refractivity contribution in [2.45, 2.75) is 243 Å². The normalized spacial score (nSPS) is 32.1. The van der Waals surface area contributed by atoms with Gasteiger partial charge in [0.2, 0.25) is 70.9 Å². The van der Waals surface area contributed by atoms with Gasteiger partial charge < -0.3 is 65.4 Å². The van der Waals surface area contributed by atoms with Crippen LogP contribution in [0.15, 0.2) is 0 Å². The summed E-state index contributed by atoms with van der Waals surface area (Å²) in [5.41, 5.74) is 0. The molecule has 2 saturated carbocycles. The van der Waals surface area contributed by atoms with Crippen molar-refractivity contribution in [2.75, 3.05) is 88.1 Å². The fourth-order valence-electron chi connectivity index (χ4n) is 14.6. The van der Waals surface area contributed by atoms with E-state index in [2.05, 4.69) is 28.2 Å². The lowest BCUT2D eigenvalue weighted by atomic mass is 9.78. The minimum Gasteiger partial charge on any atom is -0.347 e. The molecule has 3 heterocycles. The third-order valence-electron chi connectivity index (χ3n) is 22.1. The van der Waals surface area contributed by atoms with Crippen LogP contribution >= 0.6 is 23.4 Å². The topological polar surface area (TPSA) is 282 Å². The second kappa shape index (κ2) is 37.5. The zero-order valence-electron chi connectivity index (χ0n) is 62.5. The number of nitrogens with one attached hydrogen (secondary N) is 4. The third-order valence-corrected chi connectivity index (χ3v) is 23.6. The van der Waals surface area contributed by atoms with E-state index in [9.17, 15) is 56.3 Å². The Morgan fingerprint density at radius 2 is 1.23 bits per heavy atom. The van der Waals surface area contributed by atoms with E-state index in [1.54, 1.807) is 32.5 Å². The molecule has 2 aliphatic carbocycles. The predicted octanol–water partition coefficient (Wildman–Crippen LogP) is 4.77. The van der Waals surface area contributed by atoms with Crippen molar-refractivity contribution in [3.05, 3.63) is 0 Å². The number of fused-ring (bicyclic) bond motifs is 1. The molecule has 16 atom stereocenters. The molecule has 4 N–H and O–H groups in total. The molecule has 12 amide bonds. The van der Waals surface area contributed by atoms with E-state index in [4.69, 9.17) is 11.6 Å². The van der Waals surface area contributed by atoms with Gasteiger partial charge >= 0.3 is 6.18 Å². The largest absolute Gasteiger partial charge is 0.393 e. The van der Waals surface area contributed by atoms with Crippen LogP contribution in [0.2, 0.25) is 0 Å². The van der Waals surface area contributed by atoms with Crippen LogP contribution in [0.4, 0.5) is 13.2 Å². The number of carbonyl (C=O) groups is 12. The molecule has 0 aromatic rings. The van der Waals surface area contributed by atoms with Crippen LogP contribution in [-0.4, -0.2) is 281 Å². The van der Waals surface area contributed by atoms with Crippen LogP contribution in [0.25, 0.3) is 0 Å².